The molecular formula is C13H18BrFN2. The third kappa shape index (κ3) is 3.19. The maximum absolute atomic E-state index is 13.2. The molecule has 0 bridgehead atoms. The first-order valence-electron chi connectivity index (χ1n) is 6.14. The predicted octanol–water partition coefficient (Wildman–Crippen LogP) is 3.17. The lowest BCUT2D eigenvalue weighted by molar-refractivity contribution is 0.430. The predicted molar refractivity (Wildman–Crippen MR) is 73.0 cm³/mol. The zero-order valence-electron chi connectivity index (χ0n) is 10.0. The van der Waals surface area contributed by atoms with Crippen LogP contribution in [0.25, 0.3) is 0 Å². The molecule has 94 valence electrons. The Morgan fingerprint density at radius 2 is 2.35 bits per heavy atom. The fraction of sp³-hybridized carbons (Fsp3) is 0.538. The van der Waals surface area contributed by atoms with Crippen molar-refractivity contribution >= 4 is 21.6 Å². The van der Waals surface area contributed by atoms with Gasteiger partial charge in [0.2, 0.25) is 0 Å². The largest absolute Gasteiger partial charge is 0.369 e. The van der Waals surface area contributed by atoms with Gasteiger partial charge in [0.05, 0.1) is 4.47 Å². The molecule has 0 amide bonds. The number of halogens is 2. The molecule has 0 saturated carbocycles. The van der Waals surface area contributed by atoms with Crippen molar-refractivity contribution in [3.8, 4) is 0 Å². The molecule has 0 radical (unpaired) electrons. The molecule has 2 nitrogen and oxygen atoms in total. The van der Waals surface area contributed by atoms with E-state index in [1.807, 2.05) is 12.1 Å². The van der Waals surface area contributed by atoms with Gasteiger partial charge in [0.15, 0.2) is 0 Å². The summed E-state index contributed by atoms with van der Waals surface area (Å²) in [5.74, 6) is -0.200. The molecule has 1 heterocycles. The van der Waals surface area contributed by atoms with E-state index in [0.29, 0.717) is 10.5 Å². The van der Waals surface area contributed by atoms with Crippen LogP contribution in [0.1, 0.15) is 19.8 Å². The lowest BCUT2D eigenvalue weighted by Crippen LogP contribution is -2.50. The van der Waals surface area contributed by atoms with Crippen LogP contribution in [-0.4, -0.2) is 25.7 Å². The van der Waals surface area contributed by atoms with Gasteiger partial charge in [0.25, 0.3) is 0 Å². The number of benzene rings is 1. The number of rotatable bonds is 3. The summed E-state index contributed by atoms with van der Waals surface area (Å²) in [4.78, 5) is 2.32. The lowest BCUT2D eigenvalue weighted by atomic mass is 10.1. The van der Waals surface area contributed by atoms with Gasteiger partial charge >= 0.3 is 0 Å². The minimum Gasteiger partial charge on any atom is -0.369 e. The van der Waals surface area contributed by atoms with Crippen LogP contribution in [-0.2, 0) is 0 Å². The van der Waals surface area contributed by atoms with Gasteiger partial charge in [0, 0.05) is 31.4 Å². The highest BCUT2D eigenvalue weighted by Gasteiger charge is 2.19. The summed E-state index contributed by atoms with van der Waals surface area (Å²) in [6.45, 7) is 5.19. The van der Waals surface area contributed by atoms with Gasteiger partial charge in [-0.05, 0) is 40.5 Å². The highest BCUT2D eigenvalue weighted by Crippen LogP contribution is 2.24. The van der Waals surface area contributed by atoms with E-state index in [-0.39, 0.29) is 5.82 Å². The minimum atomic E-state index is -0.200. The Labute approximate surface area is 110 Å². The summed E-state index contributed by atoms with van der Waals surface area (Å²) in [6, 6.07) is 5.80. The smallest absolute Gasteiger partial charge is 0.137 e. The van der Waals surface area contributed by atoms with Crippen LogP contribution in [0.3, 0.4) is 0 Å². The quantitative estimate of drug-likeness (QED) is 0.922. The second-order valence-corrected chi connectivity index (χ2v) is 5.34. The van der Waals surface area contributed by atoms with E-state index in [2.05, 4.69) is 33.1 Å². The number of anilines is 1. The van der Waals surface area contributed by atoms with Crippen LogP contribution in [0.5, 0.6) is 0 Å². The maximum atomic E-state index is 13.2. The molecule has 1 aromatic rings. The van der Waals surface area contributed by atoms with Gasteiger partial charge in [-0.25, -0.2) is 4.39 Å². The van der Waals surface area contributed by atoms with Crippen LogP contribution in [0.4, 0.5) is 10.1 Å². The molecule has 0 aliphatic carbocycles. The molecular weight excluding hydrogens is 283 g/mol. The van der Waals surface area contributed by atoms with Gasteiger partial charge in [-0.15, -0.1) is 0 Å². The second kappa shape index (κ2) is 5.83. The van der Waals surface area contributed by atoms with Crippen molar-refractivity contribution in [2.75, 3.05) is 24.5 Å². The minimum absolute atomic E-state index is 0.200. The number of nitrogens with zero attached hydrogens (tertiary/aromatic N) is 1. The topological polar surface area (TPSA) is 15.3 Å². The summed E-state index contributed by atoms with van der Waals surface area (Å²) in [5.41, 5.74) is 1.10. The van der Waals surface area contributed by atoms with E-state index >= 15 is 0 Å². The fourth-order valence-corrected chi connectivity index (χ4v) is 2.65. The Morgan fingerprint density at radius 3 is 3.06 bits per heavy atom. The van der Waals surface area contributed by atoms with Crippen molar-refractivity contribution in [1.29, 1.82) is 0 Å². The van der Waals surface area contributed by atoms with Crippen molar-refractivity contribution in [3.63, 3.8) is 0 Å². The summed E-state index contributed by atoms with van der Waals surface area (Å²) in [7, 11) is 0. The molecule has 2 rings (SSSR count). The molecule has 1 aromatic carbocycles. The zero-order chi connectivity index (χ0) is 12.3. The van der Waals surface area contributed by atoms with E-state index in [1.54, 1.807) is 0 Å². The Kier molecular flexibility index (Phi) is 4.40. The molecule has 4 heteroatoms. The molecule has 0 spiro atoms. The summed E-state index contributed by atoms with van der Waals surface area (Å²) >= 11 is 3.24. The average molecular weight is 301 g/mol. The highest BCUT2D eigenvalue weighted by atomic mass is 79.9. The first kappa shape index (κ1) is 12.8. The average Bonchev–Trinajstić information content (AvgIpc) is 2.33. The van der Waals surface area contributed by atoms with E-state index in [9.17, 15) is 4.39 Å². The summed E-state index contributed by atoms with van der Waals surface area (Å²) < 4.78 is 13.7. The van der Waals surface area contributed by atoms with E-state index in [0.717, 1.165) is 25.3 Å². The van der Waals surface area contributed by atoms with Crippen LogP contribution in [0.15, 0.2) is 22.7 Å². The van der Waals surface area contributed by atoms with Gasteiger partial charge in [0.1, 0.15) is 5.82 Å². The lowest BCUT2D eigenvalue weighted by Gasteiger charge is -2.35. The standard InChI is InChI=1S/C13H18BrFN2/c1-2-3-10-9-17(7-6-16-10)11-4-5-13(15)12(14)8-11/h4-5,8,10,16H,2-3,6-7,9H2,1H3. The molecule has 1 fully saturated rings. The SMILES string of the molecule is CCCC1CN(c2ccc(F)c(Br)c2)CCN1. The first-order chi connectivity index (χ1) is 8.20. The van der Waals surface area contributed by atoms with E-state index in [1.165, 1.54) is 18.9 Å². The van der Waals surface area contributed by atoms with Crippen molar-refractivity contribution in [3.05, 3.63) is 28.5 Å². The molecule has 1 atom stereocenters. The van der Waals surface area contributed by atoms with Gasteiger partial charge in [-0.1, -0.05) is 13.3 Å². The van der Waals surface area contributed by atoms with Gasteiger partial charge in [-0.2, -0.15) is 0 Å². The van der Waals surface area contributed by atoms with Crippen LogP contribution >= 0.6 is 15.9 Å². The zero-order valence-corrected chi connectivity index (χ0v) is 11.6. The van der Waals surface area contributed by atoms with E-state index < -0.39 is 0 Å². The third-order valence-electron chi connectivity index (χ3n) is 3.16. The summed E-state index contributed by atoms with van der Waals surface area (Å²) in [5, 5.41) is 3.52. The Morgan fingerprint density at radius 1 is 1.53 bits per heavy atom. The monoisotopic (exact) mass is 300 g/mol. The summed E-state index contributed by atoms with van der Waals surface area (Å²) in [6.07, 6.45) is 2.39. The fourth-order valence-electron chi connectivity index (χ4n) is 2.28. The number of hydrogen-bond acceptors (Lipinski definition) is 2. The van der Waals surface area contributed by atoms with Crippen LogP contribution in [0.2, 0.25) is 0 Å². The normalized spacial score (nSPS) is 20.6. The van der Waals surface area contributed by atoms with E-state index in [4.69, 9.17) is 0 Å². The van der Waals surface area contributed by atoms with Crippen LogP contribution in [0, 0.1) is 5.82 Å². The van der Waals surface area contributed by atoms with Crippen molar-refractivity contribution in [1.82, 2.24) is 5.32 Å². The Bertz CT molecular complexity index is 382. The molecule has 1 N–H and O–H groups in total. The third-order valence-corrected chi connectivity index (χ3v) is 3.77. The highest BCUT2D eigenvalue weighted by molar-refractivity contribution is 9.10. The molecule has 1 aliphatic rings. The number of piperazine rings is 1. The number of nitrogens with one attached hydrogen (secondary N) is 1. The maximum Gasteiger partial charge on any atom is 0.137 e. The van der Waals surface area contributed by atoms with Gasteiger partial charge in [-0.3, -0.25) is 0 Å². The van der Waals surface area contributed by atoms with Crippen molar-refractivity contribution in [2.45, 2.75) is 25.8 Å². The van der Waals surface area contributed by atoms with Crippen LogP contribution < -0.4 is 10.2 Å². The first-order valence-corrected chi connectivity index (χ1v) is 6.93. The molecule has 1 saturated heterocycles. The Balaban J connectivity index is 2.08. The number of hydrogen-bond donors (Lipinski definition) is 1. The molecule has 17 heavy (non-hydrogen) atoms. The second-order valence-electron chi connectivity index (χ2n) is 4.48. The van der Waals surface area contributed by atoms with Crippen molar-refractivity contribution in [2.24, 2.45) is 0 Å². The Hall–Kier alpha value is -0.610. The molecule has 0 aromatic heterocycles. The molecule has 1 unspecified atom stereocenters. The van der Waals surface area contributed by atoms with Gasteiger partial charge < -0.3 is 10.2 Å². The molecule has 1 aliphatic heterocycles. The van der Waals surface area contributed by atoms with Crippen molar-refractivity contribution < 1.29 is 4.39 Å².